The molecule has 0 aromatic carbocycles. The number of hydrogen-bond donors (Lipinski definition) is 0. The summed E-state index contributed by atoms with van der Waals surface area (Å²) in [6.45, 7) is 3.49. The largest absolute Gasteiger partial charge is 0.251 e. The monoisotopic (exact) mass is 89.1 g/mol. The van der Waals surface area contributed by atoms with E-state index in [-0.39, 0.29) is 12.6 Å². The van der Waals surface area contributed by atoms with Crippen molar-refractivity contribution in [2.24, 2.45) is 5.92 Å². The minimum absolute atomic E-state index is 0.144. The molecule has 0 heterocycles. The maximum atomic E-state index is 11.4. The maximum absolute atomic E-state index is 11.4. The minimum atomic E-state index is -0.226. The van der Waals surface area contributed by atoms with Crippen LogP contribution in [0.4, 0.5) is 4.39 Å². The molecule has 1 radical (unpaired) electrons. The average Bonchev–Trinajstić information content (AvgIpc) is 1.65. The molecule has 0 spiro atoms. The molecule has 0 bridgehead atoms. The average molecular weight is 89.1 g/mol. The highest BCUT2D eigenvalue weighted by Crippen LogP contribution is 1.96. The highest BCUT2D eigenvalue weighted by atomic mass is 19.1. The van der Waals surface area contributed by atoms with E-state index in [0.29, 0.717) is 0 Å². The lowest BCUT2D eigenvalue weighted by Crippen LogP contribution is -1.92. The Morgan fingerprint density at radius 2 is 2.33 bits per heavy atom. The fourth-order valence-electron chi connectivity index (χ4n) is 0.0891. The topological polar surface area (TPSA) is 0 Å². The van der Waals surface area contributed by atoms with Crippen molar-refractivity contribution in [3.05, 3.63) is 6.42 Å². The summed E-state index contributed by atoms with van der Waals surface area (Å²) < 4.78 is 11.4. The summed E-state index contributed by atoms with van der Waals surface area (Å²) in [5.74, 6) is 0.144. The van der Waals surface area contributed by atoms with Crippen molar-refractivity contribution in [2.75, 3.05) is 6.67 Å². The van der Waals surface area contributed by atoms with Gasteiger partial charge in [0.05, 0.1) is 6.67 Å². The number of hydrogen-bond acceptors (Lipinski definition) is 0. The van der Waals surface area contributed by atoms with Gasteiger partial charge in [0.15, 0.2) is 0 Å². The predicted molar refractivity (Wildman–Crippen MR) is 25.1 cm³/mol. The second kappa shape index (κ2) is 3.13. The van der Waals surface area contributed by atoms with Crippen LogP contribution in [0.1, 0.15) is 13.8 Å². The Balaban J connectivity index is 2.75. The Labute approximate surface area is 38.4 Å². The van der Waals surface area contributed by atoms with Gasteiger partial charge in [-0.3, -0.25) is 4.39 Å². The third-order valence-electron chi connectivity index (χ3n) is 0.812. The van der Waals surface area contributed by atoms with Gasteiger partial charge in [-0.05, 0) is 12.3 Å². The van der Waals surface area contributed by atoms with Crippen LogP contribution in [0.3, 0.4) is 0 Å². The van der Waals surface area contributed by atoms with Crippen molar-refractivity contribution in [2.45, 2.75) is 13.8 Å². The van der Waals surface area contributed by atoms with Gasteiger partial charge in [-0.1, -0.05) is 13.8 Å². The SMILES string of the molecule is C[CH]C(C)CF. The van der Waals surface area contributed by atoms with E-state index in [0.717, 1.165) is 0 Å². The molecule has 0 fully saturated rings. The van der Waals surface area contributed by atoms with E-state index in [9.17, 15) is 4.39 Å². The highest BCUT2D eigenvalue weighted by molar-refractivity contribution is 4.63. The van der Waals surface area contributed by atoms with Crippen LogP contribution in [0.15, 0.2) is 0 Å². The zero-order valence-corrected chi connectivity index (χ0v) is 4.24. The van der Waals surface area contributed by atoms with E-state index in [1.807, 2.05) is 20.3 Å². The fourth-order valence-corrected chi connectivity index (χ4v) is 0.0891. The second-order valence-electron chi connectivity index (χ2n) is 1.46. The Morgan fingerprint density at radius 3 is 2.33 bits per heavy atom. The zero-order valence-electron chi connectivity index (χ0n) is 4.24. The van der Waals surface area contributed by atoms with Crippen molar-refractivity contribution >= 4 is 0 Å². The second-order valence-corrected chi connectivity index (χ2v) is 1.46. The van der Waals surface area contributed by atoms with Crippen molar-refractivity contribution in [1.82, 2.24) is 0 Å². The highest BCUT2D eigenvalue weighted by Gasteiger charge is 1.92. The Kier molecular flexibility index (Phi) is 3.10. The summed E-state index contributed by atoms with van der Waals surface area (Å²) in [6, 6.07) is 0. The van der Waals surface area contributed by atoms with Crippen LogP contribution in [-0.4, -0.2) is 6.67 Å². The summed E-state index contributed by atoms with van der Waals surface area (Å²) in [4.78, 5) is 0. The molecule has 37 valence electrons. The van der Waals surface area contributed by atoms with Crippen LogP contribution in [-0.2, 0) is 0 Å². The smallest absolute Gasteiger partial charge is 0.0922 e. The first-order valence-corrected chi connectivity index (χ1v) is 2.16. The Morgan fingerprint density at radius 1 is 1.83 bits per heavy atom. The molecule has 0 aliphatic heterocycles. The van der Waals surface area contributed by atoms with E-state index in [4.69, 9.17) is 0 Å². The van der Waals surface area contributed by atoms with Crippen LogP contribution >= 0.6 is 0 Å². The van der Waals surface area contributed by atoms with Gasteiger partial charge in [-0.25, -0.2) is 0 Å². The molecule has 0 aliphatic rings. The lowest BCUT2D eigenvalue weighted by molar-refractivity contribution is 0.415. The third kappa shape index (κ3) is 2.18. The molecule has 1 unspecified atom stereocenters. The van der Waals surface area contributed by atoms with Gasteiger partial charge in [-0.15, -0.1) is 0 Å². The molecule has 0 aromatic heterocycles. The van der Waals surface area contributed by atoms with Crippen molar-refractivity contribution < 1.29 is 4.39 Å². The molecular weight excluding hydrogens is 79.1 g/mol. The lowest BCUT2D eigenvalue weighted by Gasteiger charge is -1.95. The van der Waals surface area contributed by atoms with Gasteiger partial charge in [0.2, 0.25) is 0 Å². The Hall–Kier alpha value is -0.0700. The summed E-state index contributed by atoms with van der Waals surface area (Å²) in [5.41, 5.74) is 0. The third-order valence-corrected chi connectivity index (χ3v) is 0.812. The van der Waals surface area contributed by atoms with E-state index >= 15 is 0 Å². The van der Waals surface area contributed by atoms with Crippen molar-refractivity contribution in [1.29, 1.82) is 0 Å². The number of alkyl halides is 1. The minimum Gasteiger partial charge on any atom is -0.251 e. The van der Waals surface area contributed by atoms with E-state index in [2.05, 4.69) is 0 Å². The lowest BCUT2D eigenvalue weighted by atomic mass is 10.1. The predicted octanol–water partition coefficient (Wildman–Crippen LogP) is 1.82. The molecule has 0 saturated heterocycles. The molecule has 0 N–H and O–H groups in total. The van der Waals surface area contributed by atoms with Crippen LogP contribution in [0.5, 0.6) is 0 Å². The quantitative estimate of drug-likeness (QED) is 0.484. The number of halogens is 1. The molecule has 0 aliphatic carbocycles. The first-order chi connectivity index (χ1) is 2.81. The molecule has 1 heteroatoms. The molecule has 6 heavy (non-hydrogen) atoms. The van der Waals surface area contributed by atoms with Crippen LogP contribution in [0.25, 0.3) is 0 Å². The molecule has 0 saturated carbocycles. The summed E-state index contributed by atoms with van der Waals surface area (Å²) in [5, 5.41) is 0. The van der Waals surface area contributed by atoms with E-state index < -0.39 is 0 Å². The van der Waals surface area contributed by atoms with Crippen LogP contribution < -0.4 is 0 Å². The summed E-state index contributed by atoms with van der Waals surface area (Å²) in [7, 11) is 0. The van der Waals surface area contributed by atoms with Gasteiger partial charge in [-0.2, -0.15) is 0 Å². The van der Waals surface area contributed by atoms with Gasteiger partial charge in [0.1, 0.15) is 0 Å². The number of rotatable bonds is 2. The van der Waals surface area contributed by atoms with Crippen molar-refractivity contribution in [3.63, 3.8) is 0 Å². The van der Waals surface area contributed by atoms with Crippen molar-refractivity contribution in [3.8, 4) is 0 Å². The molecule has 0 amide bonds. The van der Waals surface area contributed by atoms with E-state index in [1.165, 1.54) is 0 Å². The van der Waals surface area contributed by atoms with Gasteiger partial charge in [0.25, 0.3) is 0 Å². The van der Waals surface area contributed by atoms with E-state index in [1.54, 1.807) is 0 Å². The van der Waals surface area contributed by atoms with Crippen LogP contribution in [0, 0.1) is 12.3 Å². The first kappa shape index (κ1) is 5.93. The molecule has 0 rings (SSSR count). The molecule has 0 aromatic rings. The normalized spacial score (nSPS) is 14.5. The standard InChI is InChI=1S/C5H10F/c1-3-5(2)4-6/h3,5H,4H2,1-2H3. The molecular formula is C5H10F. The molecule has 0 nitrogen and oxygen atoms in total. The first-order valence-electron chi connectivity index (χ1n) is 2.16. The van der Waals surface area contributed by atoms with Gasteiger partial charge < -0.3 is 0 Å². The zero-order chi connectivity index (χ0) is 4.99. The summed E-state index contributed by atoms with van der Waals surface area (Å²) >= 11 is 0. The maximum Gasteiger partial charge on any atom is 0.0922 e. The Bertz CT molecular complexity index is 23.1. The fraction of sp³-hybridized carbons (Fsp3) is 0.800. The van der Waals surface area contributed by atoms with Gasteiger partial charge >= 0.3 is 0 Å². The van der Waals surface area contributed by atoms with Gasteiger partial charge in [0, 0.05) is 0 Å². The molecule has 1 atom stereocenters. The van der Waals surface area contributed by atoms with Crippen LogP contribution in [0.2, 0.25) is 0 Å². The summed E-state index contributed by atoms with van der Waals surface area (Å²) in [6.07, 6.45) is 1.85.